The van der Waals surface area contributed by atoms with Crippen molar-refractivity contribution in [3.05, 3.63) is 35.5 Å². The molecule has 0 atom stereocenters. The third-order valence-corrected chi connectivity index (χ3v) is 5.00. The fourth-order valence-electron chi connectivity index (χ4n) is 2.95. The second-order valence-electron chi connectivity index (χ2n) is 7.17. The molecular weight excluding hydrogens is 350 g/mol. The number of nitrogens with zero attached hydrogens (tertiary/aromatic N) is 1. The van der Waals surface area contributed by atoms with E-state index >= 15 is 0 Å². The Balaban J connectivity index is 1.88. The van der Waals surface area contributed by atoms with Crippen LogP contribution < -0.4 is 15.4 Å². The van der Waals surface area contributed by atoms with Crippen molar-refractivity contribution in [2.75, 3.05) is 26.4 Å². The molecule has 2 rings (SSSR count). The molecule has 0 fully saturated rings. The zero-order chi connectivity index (χ0) is 19.4. The van der Waals surface area contributed by atoms with Gasteiger partial charge in [-0.2, -0.15) is 0 Å². The summed E-state index contributed by atoms with van der Waals surface area (Å²) >= 11 is 0. The minimum Gasteiger partial charge on any atom is -0.361 e. The predicted molar refractivity (Wildman–Crippen MR) is 108 cm³/mol. The summed E-state index contributed by atoms with van der Waals surface area (Å²) in [4.78, 5) is 7.53. The van der Waals surface area contributed by atoms with Crippen LogP contribution in [0.5, 0.6) is 0 Å². The Morgan fingerprint density at radius 2 is 2.00 bits per heavy atom. The number of aliphatic imine (C=N–C) groups is 1. The van der Waals surface area contributed by atoms with Crippen LogP contribution in [0, 0.1) is 6.92 Å². The van der Waals surface area contributed by atoms with Gasteiger partial charge in [0.15, 0.2) is 5.96 Å². The molecular formula is C18H29N5O2S. The first kappa shape index (κ1) is 20.3. The molecule has 0 unspecified atom stereocenters. The monoisotopic (exact) mass is 379 g/mol. The number of benzene rings is 1. The van der Waals surface area contributed by atoms with Crippen LogP contribution >= 0.6 is 0 Å². The largest absolute Gasteiger partial charge is 0.361 e. The molecule has 1 aromatic heterocycles. The van der Waals surface area contributed by atoms with Gasteiger partial charge in [0.1, 0.15) is 0 Å². The number of aromatic nitrogens is 1. The molecule has 0 aliphatic heterocycles. The maximum absolute atomic E-state index is 11.4. The SMILES string of the molecule is CN=C(NCCc1c[nH]c2c(C)cccc12)NCC(C)(C)NS(C)(=O)=O. The number of rotatable bonds is 7. The highest BCUT2D eigenvalue weighted by Crippen LogP contribution is 2.21. The number of nitrogens with one attached hydrogen (secondary N) is 4. The molecule has 8 heteroatoms. The summed E-state index contributed by atoms with van der Waals surface area (Å²) in [6.07, 6.45) is 4.06. The first-order valence-corrected chi connectivity index (χ1v) is 10.5. The van der Waals surface area contributed by atoms with Gasteiger partial charge in [-0.3, -0.25) is 4.99 Å². The summed E-state index contributed by atoms with van der Waals surface area (Å²) in [5, 5.41) is 7.68. The smallest absolute Gasteiger partial charge is 0.209 e. The van der Waals surface area contributed by atoms with E-state index in [-0.39, 0.29) is 0 Å². The van der Waals surface area contributed by atoms with Gasteiger partial charge in [0.25, 0.3) is 0 Å². The summed E-state index contributed by atoms with van der Waals surface area (Å²) in [5.41, 5.74) is 3.06. The number of aryl methyl sites for hydroxylation is 1. The highest BCUT2D eigenvalue weighted by Gasteiger charge is 2.22. The van der Waals surface area contributed by atoms with Gasteiger partial charge < -0.3 is 15.6 Å². The minimum atomic E-state index is -3.26. The van der Waals surface area contributed by atoms with Crippen molar-refractivity contribution in [2.24, 2.45) is 4.99 Å². The maximum Gasteiger partial charge on any atom is 0.209 e. The number of sulfonamides is 1. The molecule has 0 radical (unpaired) electrons. The topological polar surface area (TPSA) is 98.4 Å². The van der Waals surface area contributed by atoms with Crippen LogP contribution in [0.25, 0.3) is 10.9 Å². The Morgan fingerprint density at radius 3 is 2.65 bits per heavy atom. The number of para-hydroxylation sites is 1. The van der Waals surface area contributed by atoms with Gasteiger partial charge in [-0.05, 0) is 38.3 Å². The zero-order valence-electron chi connectivity index (χ0n) is 16.1. The van der Waals surface area contributed by atoms with Crippen molar-refractivity contribution in [1.82, 2.24) is 20.3 Å². The molecule has 0 saturated carbocycles. The Labute approximate surface area is 155 Å². The van der Waals surface area contributed by atoms with E-state index < -0.39 is 15.6 Å². The molecule has 0 saturated heterocycles. The quantitative estimate of drug-likeness (QED) is 0.433. The van der Waals surface area contributed by atoms with Gasteiger partial charge >= 0.3 is 0 Å². The summed E-state index contributed by atoms with van der Waals surface area (Å²) in [6.45, 7) is 6.89. The molecule has 0 bridgehead atoms. The van der Waals surface area contributed by atoms with Crippen molar-refractivity contribution in [1.29, 1.82) is 0 Å². The fourth-order valence-corrected chi connectivity index (χ4v) is 4.03. The predicted octanol–water partition coefficient (Wildman–Crippen LogP) is 1.51. The normalized spacial score (nSPS) is 13.2. The number of H-pyrrole nitrogens is 1. The van der Waals surface area contributed by atoms with E-state index in [0.29, 0.717) is 12.5 Å². The second-order valence-corrected chi connectivity index (χ2v) is 8.92. The van der Waals surface area contributed by atoms with E-state index in [1.54, 1.807) is 7.05 Å². The summed E-state index contributed by atoms with van der Waals surface area (Å²) in [7, 11) is -1.57. The number of hydrogen-bond acceptors (Lipinski definition) is 3. The first-order chi connectivity index (χ1) is 12.1. The maximum atomic E-state index is 11.4. The third kappa shape index (κ3) is 5.74. The van der Waals surface area contributed by atoms with Crippen molar-refractivity contribution < 1.29 is 8.42 Å². The summed E-state index contributed by atoms with van der Waals surface area (Å²) in [5.74, 6) is 0.643. The molecule has 1 heterocycles. The number of hydrogen-bond donors (Lipinski definition) is 4. The van der Waals surface area contributed by atoms with E-state index in [2.05, 4.69) is 56.7 Å². The molecule has 26 heavy (non-hydrogen) atoms. The van der Waals surface area contributed by atoms with Crippen LogP contribution in [0.3, 0.4) is 0 Å². The second kappa shape index (κ2) is 8.09. The third-order valence-electron chi connectivity index (χ3n) is 4.08. The Hall–Kier alpha value is -2.06. The van der Waals surface area contributed by atoms with E-state index in [1.165, 1.54) is 22.0 Å². The van der Waals surface area contributed by atoms with Crippen LogP contribution in [0.1, 0.15) is 25.0 Å². The van der Waals surface area contributed by atoms with Crippen molar-refractivity contribution in [2.45, 2.75) is 32.7 Å². The van der Waals surface area contributed by atoms with Gasteiger partial charge in [-0.1, -0.05) is 18.2 Å². The lowest BCUT2D eigenvalue weighted by Gasteiger charge is -2.26. The van der Waals surface area contributed by atoms with E-state index in [9.17, 15) is 8.42 Å². The molecule has 2 aromatic rings. The average Bonchev–Trinajstić information content (AvgIpc) is 2.93. The fraction of sp³-hybridized carbons (Fsp3) is 0.500. The van der Waals surface area contributed by atoms with Crippen LogP contribution in [-0.4, -0.2) is 51.3 Å². The Bertz CT molecular complexity index is 884. The molecule has 0 spiro atoms. The van der Waals surface area contributed by atoms with Crippen LogP contribution in [0.2, 0.25) is 0 Å². The molecule has 0 aliphatic carbocycles. The van der Waals surface area contributed by atoms with Gasteiger partial charge in [-0.25, -0.2) is 13.1 Å². The van der Waals surface area contributed by atoms with Gasteiger partial charge in [0, 0.05) is 42.8 Å². The highest BCUT2D eigenvalue weighted by molar-refractivity contribution is 7.88. The van der Waals surface area contributed by atoms with Gasteiger partial charge in [-0.15, -0.1) is 0 Å². The molecule has 7 nitrogen and oxygen atoms in total. The molecule has 144 valence electrons. The Kier molecular flexibility index (Phi) is 6.30. The van der Waals surface area contributed by atoms with E-state index in [0.717, 1.165) is 19.2 Å². The number of fused-ring (bicyclic) bond motifs is 1. The van der Waals surface area contributed by atoms with Crippen LogP contribution in [-0.2, 0) is 16.4 Å². The van der Waals surface area contributed by atoms with Crippen molar-refractivity contribution in [3.8, 4) is 0 Å². The number of guanidine groups is 1. The minimum absolute atomic E-state index is 0.423. The van der Waals surface area contributed by atoms with Crippen molar-refractivity contribution >= 4 is 26.9 Å². The highest BCUT2D eigenvalue weighted by atomic mass is 32.2. The van der Waals surface area contributed by atoms with Crippen LogP contribution in [0.15, 0.2) is 29.4 Å². The average molecular weight is 380 g/mol. The van der Waals surface area contributed by atoms with E-state index in [1.807, 2.05) is 13.8 Å². The lowest BCUT2D eigenvalue weighted by molar-refractivity contribution is 0.446. The summed E-state index contributed by atoms with van der Waals surface area (Å²) < 4.78 is 25.4. The molecule has 4 N–H and O–H groups in total. The number of aromatic amines is 1. The summed E-state index contributed by atoms with van der Waals surface area (Å²) in [6, 6.07) is 6.29. The zero-order valence-corrected chi connectivity index (χ0v) is 16.9. The Morgan fingerprint density at radius 1 is 1.27 bits per heavy atom. The molecule has 0 amide bonds. The molecule has 0 aliphatic rings. The first-order valence-electron chi connectivity index (χ1n) is 8.60. The van der Waals surface area contributed by atoms with Gasteiger partial charge in [0.05, 0.1) is 6.26 Å². The molecule has 1 aromatic carbocycles. The van der Waals surface area contributed by atoms with E-state index in [4.69, 9.17) is 0 Å². The standard InChI is InChI=1S/C18H29N5O2S/c1-13-7-6-8-15-14(11-21-16(13)15)9-10-20-17(19-4)22-12-18(2,3)23-26(5,24)25/h6-8,11,21,23H,9-10,12H2,1-5H3,(H2,19,20,22). The van der Waals surface area contributed by atoms with Gasteiger partial charge in [0.2, 0.25) is 10.0 Å². The lowest BCUT2D eigenvalue weighted by atomic mass is 10.1. The van der Waals surface area contributed by atoms with Crippen molar-refractivity contribution in [3.63, 3.8) is 0 Å². The van der Waals surface area contributed by atoms with Crippen LogP contribution in [0.4, 0.5) is 0 Å². The lowest BCUT2D eigenvalue weighted by Crippen LogP contribution is -2.53.